The first-order valence-electron chi connectivity index (χ1n) is 6.78. The molecule has 0 aliphatic rings. The van der Waals surface area contributed by atoms with Gasteiger partial charge in [0.2, 0.25) is 0 Å². The molecular formula is C15H14N4O4. The van der Waals surface area contributed by atoms with Crippen molar-refractivity contribution < 1.29 is 19.4 Å². The number of hydrogen-bond donors (Lipinski definition) is 3. The molecule has 1 aromatic carbocycles. The molecule has 23 heavy (non-hydrogen) atoms. The third kappa shape index (κ3) is 3.15. The number of carboxylic acid groups (broad SMARTS) is 1. The van der Waals surface area contributed by atoms with Crippen molar-refractivity contribution in [2.75, 3.05) is 12.4 Å². The van der Waals surface area contributed by atoms with Gasteiger partial charge < -0.3 is 20.1 Å². The Bertz CT molecular complexity index is 881. The zero-order valence-corrected chi connectivity index (χ0v) is 12.2. The van der Waals surface area contributed by atoms with Gasteiger partial charge in [-0.15, -0.1) is 0 Å². The minimum absolute atomic E-state index is 0.262. The van der Waals surface area contributed by atoms with Gasteiger partial charge in [0, 0.05) is 29.2 Å². The van der Waals surface area contributed by atoms with E-state index in [1.54, 1.807) is 19.2 Å². The Kier molecular flexibility index (Phi) is 3.71. The number of carboxylic acids is 1. The summed E-state index contributed by atoms with van der Waals surface area (Å²) < 4.78 is 6.37. The van der Waals surface area contributed by atoms with Crippen molar-refractivity contribution in [2.45, 2.75) is 6.54 Å². The highest BCUT2D eigenvalue weighted by atomic mass is 16.5. The Morgan fingerprint density at radius 3 is 2.91 bits per heavy atom. The number of benzene rings is 1. The molecule has 0 radical (unpaired) electrons. The number of amides is 1. The third-order valence-electron chi connectivity index (χ3n) is 3.25. The summed E-state index contributed by atoms with van der Waals surface area (Å²) in [5.41, 5.74) is 1.16. The molecule has 0 spiro atoms. The molecule has 0 fully saturated rings. The van der Waals surface area contributed by atoms with Crippen LogP contribution in [0.3, 0.4) is 0 Å². The number of carbonyl (C=O) groups is 2. The van der Waals surface area contributed by atoms with Gasteiger partial charge in [-0.25, -0.2) is 0 Å². The second kappa shape index (κ2) is 5.84. The van der Waals surface area contributed by atoms with Crippen LogP contribution in [0.25, 0.3) is 10.9 Å². The van der Waals surface area contributed by atoms with E-state index in [0.29, 0.717) is 11.4 Å². The molecule has 2 heterocycles. The van der Waals surface area contributed by atoms with Gasteiger partial charge in [-0.3, -0.25) is 14.3 Å². The van der Waals surface area contributed by atoms with Crippen LogP contribution in [0.4, 0.5) is 5.82 Å². The highest BCUT2D eigenvalue weighted by molar-refractivity contribution is 6.05. The van der Waals surface area contributed by atoms with Crippen LogP contribution >= 0.6 is 0 Å². The van der Waals surface area contributed by atoms with Crippen LogP contribution in [-0.2, 0) is 11.3 Å². The van der Waals surface area contributed by atoms with Gasteiger partial charge in [0.05, 0.1) is 7.11 Å². The Hall–Kier alpha value is -3.29. The summed E-state index contributed by atoms with van der Waals surface area (Å²) in [4.78, 5) is 25.8. The van der Waals surface area contributed by atoms with E-state index < -0.39 is 5.97 Å². The van der Waals surface area contributed by atoms with E-state index in [1.807, 2.05) is 12.1 Å². The van der Waals surface area contributed by atoms with Crippen LogP contribution in [-0.4, -0.2) is 38.9 Å². The molecule has 3 rings (SSSR count). The van der Waals surface area contributed by atoms with Crippen molar-refractivity contribution in [3.8, 4) is 5.75 Å². The van der Waals surface area contributed by atoms with Crippen molar-refractivity contribution in [3.05, 3.63) is 42.2 Å². The predicted molar refractivity (Wildman–Crippen MR) is 82.7 cm³/mol. The molecule has 3 N–H and O–H groups in total. The first-order valence-corrected chi connectivity index (χ1v) is 6.78. The number of hydrogen-bond acceptors (Lipinski definition) is 4. The number of anilines is 1. The molecule has 3 aromatic rings. The number of aliphatic carboxylic acids is 1. The van der Waals surface area contributed by atoms with Crippen LogP contribution < -0.4 is 10.1 Å². The quantitative estimate of drug-likeness (QED) is 0.664. The number of ether oxygens (including phenoxy) is 1. The normalized spacial score (nSPS) is 10.7. The van der Waals surface area contributed by atoms with E-state index in [4.69, 9.17) is 9.84 Å². The number of aromatic amines is 1. The van der Waals surface area contributed by atoms with Gasteiger partial charge in [-0.1, -0.05) is 0 Å². The fourth-order valence-corrected chi connectivity index (χ4v) is 2.19. The predicted octanol–water partition coefficient (Wildman–Crippen LogP) is 1.71. The maximum Gasteiger partial charge on any atom is 0.325 e. The van der Waals surface area contributed by atoms with Crippen LogP contribution in [0.15, 0.2) is 36.5 Å². The number of fused-ring (bicyclic) bond motifs is 1. The summed E-state index contributed by atoms with van der Waals surface area (Å²) in [5, 5.41) is 16.2. The maximum absolute atomic E-state index is 12.2. The van der Waals surface area contributed by atoms with Crippen LogP contribution in [0.5, 0.6) is 5.75 Å². The first-order chi connectivity index (χ1) is 11.0. The molecular weight excluding hydrogens is 300 g/mol. The molecule has 0 aliphatic carbocycles. The average Bonchev–Trinajstić information content (AvgIpc) is 3.12. The van der Waals surface area contributed by atoms with Gasteiger partial charge in [-0.2, -0.15) is 5.10 Å². The number of rotatable bonds is 5. The zero-order valence-electron chi connectivity index (χ0n) is 12.2. The summed E-state index contributed by atoms with van der Waals surface area (Å²) in [7, 11) is 1.57. The highest BCUT2D eigenvalue weighted by Gasteiger charge is 2.12. The number of aromatic nitrogens is 3. The molecule has 0 bridgehead atoms. The Balaban J connectivity index is 1.77. The summed E-state index contributed by atoms with van der Waals surface area (Å²) in [6.07, 6.45) is 1.49. The number of carbonyl (C=O) groups excluding carboxylic acids is 1. The van der Waals surface area contributed by atoms with Gasteiger partial charge >= 0.3 is 5.97 Å². The van der Waals surface area contributed by atoms with Gasteiger partial charge in [0.15, 0.2) is 5.82 Å². The van der Waals surface area contributed by atoms with E-state index in [9.17, 15) is 9.59 Å². The minimum atomic E-state index is -1.00. The Morgan fingerprint density at radius 1 is 1.35 bits per heavy atom. The van der Waals surface area contributed by atoms with E-state index in [0.717, 1.165) is 10.9 Å². The van der Waals surface area contributed by atoms with E-state index >= 15 is 0 Å². The first kappa shape index (κ1) is 14.6. The Labute approximate surface area is 130 Å². The van der Waals surface area contributed by atoms with E-state index in [2.05, 4.69) is 15.4 Å². The standard InChI is InChI=1S/C15H14N4O4/c1-23-10-3-2-9-6-12(16-11(9)7-10)15(22)17-13-4-5-19(18-13)8-14(20)21/h2-7,16H,8H2,1H3,(H,20,21)(H,17,18,22). The van der Waals surface area contributed by atoms with E-state index in [1.165, 1.54) is 16.9 Å². The minimum Gasteiger partial charge on any atom is -0.497 e. The summed E-state index contributed by atoms with van der Waals surface area (Å²) in [6.45, 7) is -0.262. The number of H-pyrrole nitrogens is 1. The molecule has 0 saturated carbocycles. The third-order valence-corrected chi connectivity index (χ3v) is 3.25. The molecule has 2 aromatic heterocycles. The summed E-state index contributed by atoms with van der Waals surface area (Å²) in [5.74, 6) is -0.387. The van der Waals surface area contributed by atoms with Crippen molar-refractivity contribution in [1.29, 1.82) is 0 Å². The van der Waals surface area contributed by atoms with Crippen molar-refractivity contribution in [2.24, 2.45) is 0 Å². The van der Waals surface area contributed by atoms with Crippen molar-refractivity contribution >= 4 is 28.6 Å². The number of nitrogens with zero attached hydrogens (tertiary/aromatic N) is 2. The highest BCUT2D eigenvalue weighted by Crippen LogP contribution is 2.21. The molecule has 1 amide bonds. The maximum atomic E-state index is 12.2. The van der Waals surface area contributed by atoms with Crippen molar-refractivity contribution in [1.82, 2.24) is 14.8 Å². The van der Waals surface area contributed by atoms with Gasteiger partial charge in [0.1, 0.15) is 18.0 Å². The average molecular weight is 314 g/mol. The van der Waals surface area contributed by atoms with Crippen LogP contribution in [0.2, 0.25) is 0 Å². The number of methoxy groups -OCH3 is 1. The largest absolute Gasteiger partial charge is 0.497 e. The summed E-state index contributed by atoms with van der Waals surface area (Å²) in [6, 6.07) is 8.72. The Morgan fingerprint density at radius 2 is 2.17 bits per heavy atom. The molecule has 0 saturated heterocycles. The van der Waals surface area contributed by atoms with Crippen LogP contribution in [0.1, 0.15) is 10.5 Å². The fraction of sp³-hybridized carbons (Fsp3) is 0.133. The molecule has 118 valence electrons. The lowest BCUT2D eigenvalue weighted by atomic mass is 10.2. The van der Waals surface area contributed by atoms with Crippen LogP contribution in [0, 0.1) is 0 Å². The lowest BCUT2D eigenvalue weighted by molar-refractivity contribution is -0.137. The second-order valence-corrected chi connectivity index (χ2v) is 4.88. The SMILES string of the molecule is COc1ccc2cc(C(=O)Nc3ccn(CC(=O)O)n3)[nH]c2c1. The van der Waals surface area contributed by atoms with Crippen molar-refractivity contribution in [3.63, 3.8) is 0 Å². The monoisotopic (exact) mass is 314 g/mol. The molecule has 8 nitrogen and oxygen atoms in total. The second-order valence-electron chi connectivity index (χ2n) is 4.88. The topological polar surface area (TPSA) is 109 Å². The lowest BCUT2D eigenvalue weighted by Gasteiger charge is -1.99. The summed E-state index contributed by atoms with van der Waals surface area (Å²) >= 11 is 0. The van der Waals surface area contributed by atoms with Gasteiger partial charge in [-0.05, 0) is 18.2 Å². The zero-order chi connectivity index (χ0) is 16.4. The molecule has 0 aliphatic heterocycles. The van der Waals surface area contributed by atoms with Gasteiger partial charge in [0.25, 0.3) is 5.91 Å². The smallest absolute Gasteiger partial charge is 0.325 e. The fourth-order valence-electron chi connectivity index (χ4n) is 2.19. The molecule has 8 heteroatoms. The van der Waals surface area contributed by atoms with E-state index in [-0.39, 0.29) is 18.3 Å². The molecule has 0 unspecified atom stereocenters. The molecule has 0 atom stereocenters. The lowest BCUT2D eigenvalue weighted by Crippen LogP contribution is -2.14. The number of nitrogens with one attached hydrogen (secondary N) is 2.